The Morgan fingerprint density at radius 1 is 1.47 bits per heavy atom. The average Bonchev–Trinajstić information content (AvgIpc) is 2.84. The van der Waals surface area contributed by atoms with E-state index in [0.717, 1.165) is 43.8 Å². The van der Waals surface area contributed by atoms with Crippen LogP contribution in [-0.4, -0.2) is 41.8 Å². The van der Waals surface area contributed by atoms with E-state index in [-0.39, 0.29) is 18.0 Å². The van der Waals surface area contributed by atoms with Gasteiger partial charge in [-0.25, -0.2) is 4.39 Å². The van der Waals surface area contributed by atoms with Crippen molar-refractivity contribution in [3.05, 3.63) is 29.6 Å². The second-order valence-electron chi connectivity index (χ2n) is 4.90. The fraction of sp³-hybridized carbons (Fsp3) is 0.538. The molecule has 0 spiro atoms. The zero-order valence-electron chi connectivity index (χ0n) is 9.60. The molecule has 1 fully saturated rings. The SMILES string of the molecule is O[C@H]1CCN(CC2Cc3cc(F)ccc3O2)C1. The Morgan fingerprint density at radius 2 is 2.35 bits per heavy atom. The average molecular weight is 237 g/mol. The van der Waals surface area contributed by atoms with E-state index < -0.39 is 0 Å². The van der Waals surface area contributed by atoms with E-state index in [1.165, 1.54) is 6.07 Å². The molecule has 0 aromatic heterocycles. The van der Waals surface area contributed by atoms with Gasteiger partial charge in [-0.1, -0.05) is 0 Å². The Hall–Kier alpha value is -1.13. The van der Waals surface area contributed by atoms with Gasteiger partial charge in [0.15, 0.2) is 0 Å². The molecule has 1 unspecified atom stereocenters. The van der Waals surface area contributed by atoms with E-state index in [9.17, 15) is 9.50 Å². The minimum absolute atomic E-state index is 0.0945. The molecule has 0 bridgehead atoms. The van der Waals surface area contributed by atoms with Gasteiger partial charge in [-0.3, -0.25) is 4.90 Å². The summed E-state index contributed by atoms with van der Waals surface area (Å²) < 4.78 is 18.8. The highest BCUT2D eigenvalue weighted by molar-refractivity contribution is 5.37. The first-order valence-electron chi connectivity index (χ1n) is 6.06. The molecule has 2 heterocycles. The first-order valence-corrected chi connectivity index (χ1v) is 6.06. The molecule has 0 amide bonds. The van der Waals surface area contributed by atoms with Crippen LogP contribution in [0.2, 0.25) is 0 Å². The summed E-state index contributed by atoms with van der Waals surface area (Å²) in [6.07, 6.45) is 1.50. The third-order valence-corrected chi connectivity index (χ3v) is 3.47. The van der Waals surface area contributed by atoms with Crippen LogP contribution in [0.5, 0.6) is 5.75 Å². The van der Waals surface area contributed by atoms with Crippen molar-refractivity contribution in [2.45, 2.75) is 25.0 Å². The van der Waals surface area contributed by atoms with Gasteiger partial charge in [-0.05, 0) is 24.6 Å². The van der Waals surface area contributed by atoms with Gasteiger partial charge in [-0.15, -0.1) is 0 Å². The number of fused-ring (bicyclic) bond motifs is 1. The van der Waals surface area contributed by atoms with Crippen LogP contribution in [0.1, 0.15) is 12.0 Å². The smallest absolute Gasteiger partial charge is 0.123 e. The molecule has 2 atom stereocenters. The molecule has 17 heavy (non-hydrogen) atoms. The fourth-order valence-corrected chi connectivity index (χ4v) is 2.66. The molecule has 2 aliphatic heterocycles. The third kappa shape index (κ3) is 2.28. The van der Waals surface area contributed by atoms with Crippen LogP contribution in [0.3, 0.4) is 0 Å². The Bertz CT molecular complexity index is 424. The molecule has 1 aromatic carbocycles. The lowest BCUT2D eigenvalue weighted by atomic mass is 10.1. The monoisotopic (exact) mass is 237 g/mol. The van der Waals surface area contributed by atoms with Gasteiger partial charge in [0.05, 0.1) is 6.10 Å². The number of hydrogen-bond acceptors (Lipinski definition) is 3. The highest BCUT2D eigenvalue weighted by atomic mass is 19.1. The number of β-amino-alcohol motifs (C(OH)–C–C–N with tert-alkyl or cyclic N) is 1. The molecular formula is C13H16FNO2. The van der Waals surface area contributed by atoms with Crippen LogP contribution in [0.15, 0.2) is 18.2 Å². The van der Waals surface area contributed by atoms with Crippen LogP contribution in [0, 0.1) is 5.82 Å². The third-order valence-electron chi connectivity index (χ3n) is 3.47. The van der Waals surface area contributed by atoms with Crippen LogP contribution in [0.4, 0.5) is 4.39 Å². The summed E-state index contributed by atoms with van der Waals surface area (Å²) in [6, 6.07) is 4.68. The number of rotatable bonds is 2. The lowest BCUT2D eigenvalue weighted by Gasteiger charge is -2.19. The molecular weight excluding hydrogens is 221 g/mol. The van der Waals surface area contributed by atoms with Crippen molar-refractivity contribution >= 4 is 0 Å². The van der Waals surface area contributed by atoms with Crippen molar-refractivity contribution < 1.29 is 14.2 Å². The number of benzene rings is 1. The van der Waals surface area contributed by atoms with Gasteiger partial charge in [0, 0.05) is 31.6 Å². The van der Waals surface area contributed by atoms with Crippen molar-refractivity contribution in [3.63, 3.8) is 0 Å². The van der Waals surface area contributed by atoms with Crippen molar-refractivity contribution in [3.8, 4) is 5.75 Å². The van der Waals surface area contributed by atoms with Crippen molar-refractivity contribution in [1.82, 2.24) is 4.90 Å². The number of halogens is 1. The maximum atomic E-state index is 13.0. The second-order valence-corrected chi connectivity index (χ2v) is 4.90. The molecule has 1 N–H and O–H groups in total. The zero-order valence-corrected chi connectivity index (χ0v) is 9.60. The van der Waals surface area contributed by atoms with Crippen LogP contribution in [-0.2, 0) is 6.42 Å². The molecule has 0 radical (unpaired) electrons. The molecule has 1 aromatic rings. The molecule has 3 nitrogen and oxygen atoms in total. The molecule has 2 aliphatic rings. The molecule has 0 saturated carbocycles. The highest BCUT2D eigenvalue weighted by Crippen LogP contribution is 2.29. The van der Waals surface area contributed by atoms with Crippen LogP contribution < -0.4 is 4.74 Å². The van der Waals surface area contributed by atoms with Gasteiger partial charge in [-0.2, -0.15) is 0 Å². The molecule has 1 saturated heterocycles. The number of ether oxygens (including phenoxy) is 1. The second kappa shape index (κ2) is 4.27. The molecule has 0 aliphatic carbocycles. The van der Waals surface area contributed by atoms with Crippen molar-refractivity contribution in [1.29, 1.82) is 0 Å². The minimum atomic E-state index is -0.204. The first kappa shape index (κ1) is 11.0. The standard InChI is InChI=1S/C13H16FNO2/c14-10-1-2-13-9(5-10)6-12(17-13)8-15-4-3-11(16)7-15/h1-2,5,11-12,16H,3-4,6-8H2/t11-,12?/m0/s1. The van der Waals surface area contributed by atoms with Crippen molar-refractivity contribution in [2.75, 3.05) is 19.6 Å². The van der Waals surface area contributed by atoms with E-state index in [1.54, 1.807) is 12.1 Å². The predicted molar refractivity (Wildman–Crippen MR) is 61.6 cm³/mol. The molecule has 3 rings (SSSR count). The topological polar surface area (TPSA) is 32.7 Å². The van der Waals surface area contributed by atoms with E-state index in [4.69, 9.17) is 4.74 Å². The Balaban J connectivity index is 1.62. The van der Waals surface area contributed by atoms with Gasteiger partial charge in [0.25, 0.3) is 0 Å². The number of aliphatic hydroxyl groups excluding tert-OH is 1. The summed E-state index contributed by atoms with van der Waals surface area (Å²) in [7, 11) is 0. The van der Waals surface area contributed by atoms with Gasteiger partial charge in [0.2, 0.25) is 0 Å². The predicted octanol–water partition coefficient (Wildman–Crippen LogP) is 1.20. The Labute approximate surface area is 99.8 Å². The quantitative estimate of drug-likeness (QED) is 0.839. The number of aliphatic hydroxyl groups is 1. The number of hydrogen-bond donors (Lipinski definition) is 1. The van der Waals surface area contributed by atoms with Crippen LogP contribution >= 0.6 is 0 Å². The minimum Gasteiger partial charge on any atom is -0.488 e. The number of nitrogens with zero attached hydrogens (tertiary/aromatic N) is 1. The van der Waals surface area contributed by atoms with E-state index in [2.05, 4.69) is 4.90 Å². The van der Waals surface area contributed by atoms with Gasteiger partial charge >= 0.3 is 0 Å². The normalized spacial score (nSPS) is 28.1. The Morgan fingerprint density at radius 3 is 3.12 bits per heavy atom. The highest BCUT2D eigenvalue weighted by Gasteiger charge is 2.28. The number of likely N-dealkylation sites (tertiary alicyclic amines) is 1. The molecule has 92 valence electrons. The summed E-state index contributed by atoms with van der Waals surface area (Å²) in [4.78, 5) is 2.21. The maximum Gasteiger partial charge on any atom is 0.123 e. The zero-order chi connectivity index (χ0) is 11.8. The van der Waals surface area contributed by atoms with E-state index in [0.29, 0.717) is 0 Å². The van der Waals surface area contributed by atoms with Gasteiger partial charge < -0.3 is 9.84 Å². The summed E-state index contributed by atoms with van der Waals surface area (Å²) in [5.41, 5.74) is 0.953. The van der Waals surface area contributed by atoms with E-state index >= 15 is 0 Å². The fourth-order valence-electron chi connectivity index (χ4n) is 2.66. The largest absolute Gasteiger partial charge is 0.488 e. The molecule has 4 heteroatoms. The van der Waals surface area contributed by atoms with Gasteiger partial charge in [0.1, 0.15) is 17.7 Å². The lowest BCUT2D eigenvalue weighted by Crippen LogP contribution is -2.33. The first-order chi connectivity index (χ1) is 8.20. The summed E-state index contributed by atoms with van der Waals surface area (Å²) in [5.74, 6) is 0.598. The maximum absolute atomic E-state index is 13.0. The van der Waals surface area contributed by atoms with Crippen LogP contribution in [0.25, 0.3) is 0 Å². The van der Waals surface area contributed by atoms with Crippen molar-refractivity contribution in [2.24, 2.45) is 0 Å². The Kier molecular flexibility index (Phi) is 2.76. The summed E-state index contributed by atoms with van der Waals surface area (Å²) >= 11 is 0. The van der Waals surface area contributed by atoms with E-state index in [1.807, 2.05) is 0 Å². The summed E-state index contributed by atoms with van der Waals surface area (Å²) in [5, 5.41) is 9.45. The lowest BCUT2D eigenvalue weighted by molar-refractivity contribution is 0.142. The summed E-state index contributed by atoms with van der Waals surface area (Å²) in [6.45, 7) is 2.46.